The zero-order chi connectivity index (χ0) is 16.5. The Morgan fingerprint density at radius 3 is 3.08 bits per heavy atom. The highest BCUT2D eigenvalue weighted by molar-refractivity contribution is 6.30. The van der Waals surface area contributed by atoms with E-state index < -0.39 is 0 Å². The highest BCUT2D eigenvalue weighted by atomic mass is 35.5. The van der Waals surface area contributed by atoms with Gasteiger partial charge in [0.15, 0.2) is 0 Å². The Labute approximate surface area is 146 Å². The van der Waals surface area contributed by atoms with E-state index in [1.165, 1.54) is 0 Å². The van der Waals surface area contributed by atoms with Crippen molar-refractivity contribution >= 4 is 17.5 Å². The molecule has 1 aromatic carbocycles. The number of rotatable bonds is 3. The summed E-state index contributed by atoms with van der Waals surface area (Å²) in [6.45, 7) is 3.27. The molecule has 0 saturated carbocycles. The van der Waals surface area contributed by atoms with Crippen LogP contribution < -0.4 is 20.9 Å². The van der Waals surface area contributed by atoms with Crippen LogP contribution in [0.15, 0.2) is 24.3 Å². The van der Waals surface area contributed by atoms with Crippen LogP contribution in [-0.4, -0.2) is 55.2 Å². The van der Waals surface area contributed by atoms with Gasteiger partial charge in [-0.1, -0.05) is 17.7 Å². The first kappa shape index (κ1) is 16.1. The lowest BCUT2D eigenvalue weighted by Gasteiger charge is -2.29. The number of amides is 1. The fourth-order valence-corrected chi connectivity index (χ4v) is 4.10. The summed E-state index contributed by atoms with van der Waals surface area (Å²) in [4.78, 5) is 14.8. The van der Waals surface area contributed by atoms with Crippen LogP contribution in [0.25, 0.3) is 0 Å². The van der Waals surface area contributed by atoms with Crippen LogP contribution in [0.5, 0.6) is 5.75 Å². The first-order chi connectivity index (χ1) is 11.7. The van der Waals surface area contributed by atoms with E-state index in [2.05, 4.69) is 16.2 Å². The lowest BCUT2D eigenvalue weighted by molar-refractivity contribution is -0.133. The molecule has 3 fully saturated rings. The Balaban J connectivity index is 1.35. The highest BCUT2D eigenvalue weighted by Crippen LogP contribution is 2.25. The molecule has 3 heterocycles. The van der Waals surface area contributed by atoms with Crippen molar-refractivity contribution < 1.29 is 9.53 Å². The third kappa shape index (κ3) is 3.24. The van der Waals surface area contributed by atoms with E-state index >= 15 is 0 Å². The predicted octanol–water partition coefficient (Wildman–Crippen LogP) is 0.774. The number of benzene rings is 1. The van der Waals surface area contributed by atoms with Gasteiger partial charge in [-0.3, -0.25) is 10.2 Å². The monoisotopic (exact) mass is 350 g/mol. The molecule has 3 aliphatic heterocycles. The quantitative estimate of drug-likeness (QED) is 0.751. The molecule has 24 heavy (non-hydrogen) atoms. The number of likely N-dealkylation sites (tertiary alicyclic amines) is 1. The maximum Gasteiger partial charge on any atom is 0.241 e. The van der Waals surface area contributed by atoms with E-state index in [-0.39, 0.29) is 18.1 Å². The minimum Gasteiger partial charge on any atom is -0.488 e. The molecule has 0 bridgehead atoms. The Hall–Kier alpha value is -1.34. The Morgan fingerprint density at radius 1 is 1.29 bits per heavy atom. The number of ether oxygens (including phenoxy) is 1. The number of fused-ring (bicyclic) bond motifs is 1. The van der Waals surface area contributed by atoms with Crippen LogP contribution in [0.3, 0.4) is 0 Å². The molecule has 7 heteroatoms. The summed E-state index contributed by atoms with van der Waals surface area (Å²) >= 11 is 5.99. The van der Waals surface area contributed by atoms with E-state index in [1.54, 1.807) is 0 Å². The normalized spacial score (nSPS) is 32.6. The topological polar surface area (TPSA) is 65.6 Å². The maximum absolute atomic E-state index is 12.9. The van der Waals surface area contributed by atoms with Crippen LogP contribution in [0, 0.1) is 5.92 Å². The standard InChI is InChI=1S/C17H23ClN4O2/c18-11-2-1-3-12(8-11)24-13-5-7-22(10-13)17(23)16-14-9-19-6-4-15(14)20-21-16/h1-3,8,13-16,19-21H,4-7,9-10H2. The molecular formula is C17H23ClN4O2. The molecule has 130 valence electrons. The molecule has 3 aliphatic rings. The highest BCUT2D eigenvalue weighted by Gasteiger charge is 2.43. The van der Waals surface area contributed by atoms with E-state index in [4.69, 9.17) is 16.3 Å². The fraction of sp³-hybridized carbons (Fsp3) is 0.588. The average Bonchev–Trinajstić information content (AvgIpc) is 3.21. The molecule has 4 rings (SSSR count). The third-order valence-electron chi connectivity index (χ3n) is 5.20. The minimum absolute atomic E-state index is 0.0297. The molecule has 4 atom stereocenters. The minimum atomic E-state index is -0.146. The van der Waals surface area contributed by atoms with Gasteiger partial charge < -0.3 is 15.0 Å². The van der Waals surface area contributed by atoms with Gasteiger partial charge in [0.05, 0.1) is 6.54 Å². The smallest absolute Gasteiger partial charge is 0.241 e. The van der Waals surface area contributed by atoms with Gasteiger partial charge in [-0.2, -0.15) is 0 Å². The van der Waals surface area contributed by atoms with Gasteiger partial charge in [-0.15, -0.1) is 0 Å². The van der Waals surface area contributed by atoms with Crippen molar-refractivity contribution in [2.45, 2.75) is 31.0 Å². The van der Waals surface area contributed by atoms with Crippen molar-refractivity contribution in [1.82, 2.24) is 21.1 Å². The fourth-order valence-electron chi connectivity index (χ4n) is 3.91. The van der Waals surface area contributed by atoms with E-state index in [0.29, 0.717) is 23.5 Å². The second-order valence-electron chi connectivity index (χ2n) is 6.80. The van der Waals surface area contributed by atoms with Gasteiger partial charge in [-0.25, -0.2) is 5.43 Å². The molecule has 3 N–H and O–H groups in total. The SMILES string of the molecule is O=C(C1NNC2CCNCC21)N1CCC(Oc2cccc(Cl)c2)C1. The molecule has 0 aliphatic carbocycles. The Morgan fingerprint density at radius 2 is 2.21 bits per heavy atom. The number of hydrogen-bond donors (Lipinski definition) is 3. The zero-order valence-electron chi connectivity index (χ0n) is 13.5. The largest absolute Gasteiger partial charge is 0.488 e. The summed E-state index contributed by atoms with van der Waals surface area (Å²) < 4.78 is 5.98. The first-order valence-corrected chi connectivity index (χ1v) is 9.01. The molecule has 6 nitrogen and oxygen atoms in total. The summed E-state index contributed by atoms with van der Waals surface area (Å²) in [5.41, 5.74) is 6.49. The number of hydrogen-bond acceptors (Lipinski definition) is 5. The van der Waals surface area contributed by atoms with Crippen LogP contribution in [-0.2, 0) is 4.79 Å². The number of carbonyl (C=O) groups is 1. The van der Waals surface area contributed by atoms with Crippen molar-refractivity contribution in [3.8, 4) is 5.75 Å². The van der Waals surface area contributed by atoms with Gasteiger partial charge in [0, 0.05) is 36.5 Å². The van der Waals surface area contributed by atoms with Crippen molar-refractivity contribution in [3.63, 3.8) is 0 Å². The average molecular weight is 351 g/mol. The molecule has 3 saturated heterocycles. The van der Waals surface area contributed by atoms with Crippen molar-refractivity contribution in [2.24, 2.45) is 5.92 Å². The molecule has 0 radical (unpaired) electrons. The van der Waals surface area contributed by atoms with Gasteiger partial charge in [0.1, 0.15) is 17.9 Å². The third-order valence-corrected chi connectivity index (χ3v) is 5.44. The van der Waals surface area contributed by atoms with E-state index in [1.807, 2.05) is 29.2 Å². The van der Waals surface area contributed by atoms with Gasteiger partial charge in [0.25, 0.3) is 0 Å². The second kappa shape index (κ2) is 6.88. The number of nitrogens with one attached hydrogen (secondary N) is 3. The summed E-state index contributed by atoms with van der Waals surface area (Å²) in [5.74, 6) is 1.26. The number of piperidine rings is 1. The number of nitrogens with zero attached hydrogens (tertiary/aromatic N) is 1. The molecule has 0 aromatic heterocycles. The van der Waals surface area contributed by atoms with Gasteiger partial charge in [0.2, 0.25) is 5.91 Å². The van der Waals surface area contributed by atoms with Crippen molar-refractivity contribution in [3.05, 3.63) is 29.3 Å². The van der Waals surface area contributed by atoms with Crippen molar-refractivity contribution in [1.29, 1.82) is 0 Å². The summed E-state index contributed by atoms with van der Waals surface area (Å²) in [6, 6.07) is 7.66. The van der Waals surface area contributed by atoms with E-state index in [0.717, 1.165) is 38.2 Å². The van der Waals surface area contributed by atoms with Crippen LogP contribution in [0.1, 0.15) is 12.8 Å². The molecule has 1 amide bonds. The van der Waals surface area contributed by atoms with Crippen LogP contribution in [0.2, 0.25) is 5.02 Å². The van der Waals surface area contributed by atoms with Gasteiger partial charge >= 0.3 is 0 Å². The predicted molar refractivity (Wildman–Crippen MR) is 91.9 cm³/mol. The maximum atomic E-state index is 12.9. The number of hydrazine groups is 1. The lowest BCUT2D eigenvalue weighted by Crippen LogP contribution is -2.50. The molecule has 0 spiro atoms. The molecule has 4 unspecified atom stereocenters. The summed E-state index contributed by atoms with van der Waals surface area (Å²) in [6.07, 6.45) is 1.94. The zero-order valence-corrected chi connectivity index (χ0v) is 14.3. The number of halogens is 1. The molecule has 1 aromatic rings. The lowest BCUT2D eigenvalue weighted by atomic mass is 9.89. The van der Waals surface area contributed by atoms with Crippen LogP contribution in [0.4, 0.5) is 0 Å². The summed E-state index contributed by atoms with van der Waals surface area (Å²) in [7, 11) is 0. The Bertz CT molecular complexity index is 614. The van der Waals surface area contributed by atoms with E-state index in [9.17, 15) is 4.79 Å². The first-order valence-electron chi connectivity index (χ1n) is 8.63. The Kier molecular flexibility index (Phi) is 4.63. The van der Waals surface area contributed by atoms with Crippen LogP contribution >= 0.6 is 11.6 Å². The summed E-state index contributed by atoms with van der Waals surface area (Å²) in [5, 5.41) is 4.05. The van der Waals surface area contributed by atoms with Crippen molar-refractivity contribution in [2.75, 3.05) is 26.2 Å². The number of carbonyl (C=O) groups excluding carboxylic acids is 1. The van der Waals surface area contributed by atoms with Gasteiger partial charge in [-0.05, 0) is 31.2 Å². The molecular weight excluding hydrogens is 328 g/mol. The second-order valence-corrected chi connectivity index (χ2v) is 7.24.